The zero-order valence-corrected chi connectivity index (χ0v) is 61.9. The van der Waals surface area contributed by atoms with Crippen LogP contribution in [0.1, 0.15) is 348 Å². The predicted molar refractivity (Wildman–Crippen MR) is 405 cm³/mol. The molecule has 9 heteroatoms. The maximum Gasteiger partial charge on any atom is 0.472 e. The van der Waals surface area contributed by atoms with Gasteiger partial charge in [-0.15, -0.1) is 0 Å². The molecule has 8 nitrogen and oxygen atoms in total. The molecular formula is C83H150N2O6P+. The van der Waals surface area contributed by atoms with Crippen LogP contribution in [-0.2, 0) is 18.4 Å². The Morgan fingerprint density at radius 1 is 0.380 bits per heavy atom. The third-order valence-corrected chi connectivity index (χ3v) is 18.2. The van der Waals surface area contributed by atoms with E-state index in [0.29, 0.717) is 23.9 Å². The number of likely N-dealkylation sites (N-methyl/N-ethyl adjacent to an activating group) is 1. The Morgan fingerprint density at radius 3 is 0.957 bits per heavy atom. The van der Waals surface area contributed by atoms with Crippen molar-refractivity contribution in [3.63, 3.8) is 0 Å². The summed E-state index contributed by atoms with van der Waals surface area (Å²) < 4.78 is 23.9. The number of carbonyl (C=O) groups is 1. The van der Waals surface area contributed by atoms with Crippen molar-refractivity contribution in [2.45, 2.75) is 360 Å². The Bertz CT molecular complexity index is 1920. The number of carbonyl (C=O) groups excluding carboxylic acids is 1. The highest BCUT2D eigenvalue weighted by molar-refractivity contribution is 7.47. The topological polar surface area (TPSA) is 105 Å². The highest BCUT2D eigenvalue weighted by Crippen LogP contribution is 2.43. The summed E-state index contributed by atoms with van der Waals surface area (Å²) in [6, 6.07) is -0.776. The minimum atomic E-state index is -4.34. The molecule has 0 heterocycles. The fourth-order valence-corrected chi connectivity index (χ4v) is 12.0. The van der Waals surface area contributed by atoms with Crippen LogP contribution in [-0.4, -0.2) is 73.4 Å². The molecule has 3 N–H and O–H groups in total. The molecule has 1 amide bonds. The number of nitrogens with one attached hydrogen (secondary N) is 1. The molecule has 0 saturated heterocycles. The highest BCUT2D eigenvalue weighted by atomic mass is 31.2. The number of hydrogen-bond acceptors (Lipinski definition) is 5. The number of aliphatic hydroxyl groups excluding tert-OH is 1. The number of phosphoric acid groups is 1. The van der Waals surface area contributed by atoms with Gasteiger partial charge in [-0.3, -0.25) is 13.8 Å². The van der Waals surface area contributed by atoms with Gasteiger partial charge in [0.05, 0.1) is 39.9 Å². The van der Waals surface area contributed by atoms with Crippen LogP contribution in [0.25, 0.3) is 0 Å². The van der Waals surface area contributed by atoms with Gasteiger partial charge in [-0.25, -0.2) is 4.57 Å². The molecule has 0 aliphatic heterocycles. The van der Waals surface area contributed by atoms with Crippen LogP contribution in [0.3, 0.4) is 0 Å². The fraction of sp³-hybridized carbons (Fsp3) is 0.747. The van der Waals surface area contributed by atoms with Gasteiger partial charge in [0.1, 0.15) is 13.2 Å². The molecule has 0 aliphatic rings. The Kier molecular flexibility index (Phi) is 69.7. The molecule has 0 aromatic heterocycles. The summed E-state index contributed by atoms with van der Waals surface area (Å²) in [4.78, 5) is 23.5. The normalized spacial score (nSPS) is 14.2. The molecule has 0 saturated carbocycles. The minimum absolute atomic E-state index is 0.0681. The smallest absolute Gasteiger partial charge is 0.391 e. The van der Waals surface area contributed by atoms with Crippen molar-refractivity contribution in [3.8, 4) is 0 Å². The molecule has 0 aromatic rings. The van der Waals surface area contributed by atoms with Crippen LogP contribution < -0.4 is 5.32 Å². The van der Waals surface area contributed by atoms with Crippen molar-refractivity contribution in [2.24, 2.45) is 0 Å². The molecule has 0 aromatic carbocycles. The predicted octanol–water partition coefficient (Wildman–Crippen LogP) is 25.6. The lowest BCUT2D eigenvalue weighted by atomic mass is 10.0. The number of quaternary nitrogens is 1. The molecule has 3 unspecified atom stereocenters. The van der Waals surface area contributed by atoms with E-state index in [1.165, 1.54) is 212 Å². The quantitative estimate of drug-likeness (QED) is 0.0243. The fourth-order valence-electron chi connectivity index (χ4n) is 11.3. The van der Waals surface area contributed by atoms with Crippen LogP contribution in [0.15, 0.2) is 122 Å². The van der Waals surface area contributed by atoms with E-state index in [2.05, 4.69) is 141 Å². The van der Waals surface area contributed by atoms with E-state index >= 15 is 0 Å². The lowest BCUT2D eigenvalue weighted by Gasteiger charge is -2.26. The van der Waals surface area contributed by atoms with Gasteiger partial charge in [-0.1, -0.05) is 373 Å². The largest absolute Gasteiger partial charge is 0.472 e. The Hall–Kier alpha value is -3.10. The number of rotatable bonds is 71. The Morgan fingerprint density at radius 2 is 0.652 bits per heavy atom. The summed E-state index contributed by atoms with van der Waals surface area (Å²) in [6.45, 7) is 4.80. The molecule has 0 rings (SSSR count). The van der Waals surface area contributed by atoms with Crippen LogP contribution in [0.4, 0.5) is 0 Å². The zero-order chi connectivity index (χ0) is 66.9. The summed E-state index contributed by atoms with van der Waals surface area (Å²) in [6.07, 6.45) is 108. The number of unbranched alkanes of at least 4 members (excludes halogenated alkanes) is 38. The number of allylic oxidation sites excluding steroid dienone is 20. The average Bonchev–Trinajstić information content (AvgIpc) is 2.63. The SMILES string of the molecule is CC/C=C\C/C=C\C/C=C\C/C=C\C/C=C\C/C=C\C/C=C\C/C=C\C/C=C\C/C=C\CCCCCCCCCCC(=O)NC(COP(=O)(O)OCC[N+](C)(C)C)C(O)CCCCCCCCCCCCCCCCCCCCCCCCCCCCCCCCC. The molecule has 3 atom stereocenters. The van der Waals surface area contributed by atoms with Gasteiger partial charge in [0.25, 0.3) is 0 Å². The molecule has 0 radical (unpaired) electrons. The van der Waals surface area contributed by atoms with Gasteiger partial charge in [-0.2, -0.15) is 0 Å². The van der Waals surface area contributed by atoms with Crippen molar-refractivity contribution >= 4 is 13.7 Å². The van der Waals surface area contributed by atoms with E-state index in [1.54, 1.807) is 0 Å². The lowest BCUT2D eigenvalue weighted by Crippen LogP contribution is -2.46. The van der Waals surface area contributed by atoms with Gasteiger partial charge < -0.3 is 19.8 Å². The number of nitrogens with zero attached hydrogens (tertiary/aromatic N) is 1. The number of phosphoric ester groups is 1. The van der Waals surface area contributed by atoms with Gasteiger partial charge in [0.2, 0.25) is 5.91 Å². The second kappa shape index (κ2) is 72.2. The molecule has 92 heavy (non-hydrogen) atoms. The first-order chi connectivity index (χ1) is 45.0. The first-order valence-corrected chi connectivity index (χ1v) is 40.4. The van der Waals surface area contributed by atoms with E-state index in [4.69, 9.17) is 9.05 Å². The monoisotopic (exact) mass is 1300 g/mol. The van der Waals surface area contributed by atoms with Crippen molar-refractivity contribution in [3.05, 3.63) is 122 Å². The van der Waals surface area contributed by atoms with Gasteiger partial charge in [0, 0.05) is 6.42 Å². The number of amides is 1. The molecular weight excluding hydrogens is 1150 g/mol. The van der Waals surface area contributed by atoms with Crippen LogP contribution in [0.2, 0.25) is 0 Å². The second-order valence-electron chi connectivity index (χ2n) is 27.4. The maximum absolute atomic E-state index is 13.1. The molecule has 0 spiro atoms. The van der Waals surface area contributed by atoms with E-state index in [9.17, 15) is 19.4 Å². The standard InChI is InChI=1S/C83H149N2O6P/c1-6-8-10-12-14-16-18-20-22-24-26-28-30-32-34-36-38-39-40-41-42-43-44-45-47-49-51-53-55-57-59-61-63-65-67-69-71-73-75-77-83(87)84-81(80-91-92(88,89)90-79-78-85(3,4)5)82(86)76-74-72-70-68-66-64-62-60-58-56-54-52-50-48-46-37-35-33-31-29-27-25-23-21-19-17-15-13-11-9-7-2/h8,10,14,16,20,22,26,28,32,34,38-39,41-42,44-45,49,51,55,57,81-82,86H,6-7,9,11-13,15,17-19,21,23-25,27,29-31,33,35-37,40,43,46-48,50,52-54,56,58-80H2,1-5H3,(H-,84,87,88,89)/p+1/b10-8-,16-14-,22-20-,28-26-,34-32-,39-38-,42-41-,45-44-,51-49-,57-55-. The summed E-state index contributed by atoms with van der Waals surface area (Å²) in [5.74, 6) is -0.153. The number of aliphatic hydroxyl groups is 1. The zero-order valence-electron chi connectivity index (χ0n) is 61.0. The van der Waals surface area contributed by atoms with E-state index in [0.717, 1.165) is 109 Å². The van der Waals surface area contributed by atoms with E-state index in [1.807, 2.05) is 21.1 Å². The van der Waals surface area contributed by atoms with Gasteiger partial charge >= 0.3 is 7.82 Å². The van der Waals surface area contributed by atoms with Crippen molar-refractivity contribution < 1.29 is 32.9 Å². The van der Waals surface area contributed by atoms with Crippen LogP contribution in [0.5, 0.6) is 0 Å². The summed E-state index contributed by atoms with van der Waals surface area (Å²) in [5, 5.41) is 14.2. The molecule has 532 valence electrons. The molecule has 0 fully saturated rings. The third kappa shape index (κ3) is 74.3. The minimum Gasteiger partial charge on any atom is -0.391 e. The maximum atomic E-state index is 13.1. The lowest BCUT2D eigenvalue weighted by molar-refractivity contribution is -0.870. The number of hydrogen-bond donors (Lipinski definition) is 3. The first-order valence-electron chi connectivity index (χ1n) is 38.9. The highest BCUT2D eigenvalue weighted by Gasteiger charge is 2.28. The Balaban J connectivity index is 4.06. The van der Waals surface area contributed by atoms with Crippen LogP contribution >= 0.6 is 7.82 Å². The van der Waals surface area contributed by atoms with Crippen molar-refractivity contribution in [1.82, 2.24) is 5.32 Å². The molecule has 0 aliphatic carbocycles. The van der Waals surface area contributed by atoms with Gasteiger partial charge in [-0.05, 0) is 89.9 Å². The van der Waals surface area contributed by atoms with Crippen molar-refractivity contribution in [2.75, 3.05) is 40.9 Å². The first kappa shape index (κ1) is 88.9. The van der Waals surface area contributed by atoms with Crippen LogP contribution in [0, 0.1) is 0 Å². The summed E-state index contributed by atoms with van der Waals surface area (Å²) in [5.41, 5.74) is 0. The van der Waals surface area contributed by atoms with E-state index < -0.39 is 20.0 Å². The second-order valence-corrected chi connectivity index (χ2v) is 28.8. The van der Waals surface area contributed by atoms with Crippen molar-refractivity contribution in [1.29, 1.82) is 0 Å². The Labute approximate surface area is 571 Å². The van der Waals surface area contributed by atoms with E-state index in [-0.39, 0.29) is 19.1 Å². The molecule has 0 bridgehead atoms. The van der Waals surface area contributed by atoms with Gasteiger partial charge in [0.15, 0.2) is 0 Å². The summed E-state index contributed by atoms with van der Waals surface area (Å²) in [7, 11) is 1.61. The average molecular weight is 1300 g/mol. The third-order valence-electron chi connectivity index (χ3n) is 17.2. The summed E-state index contributed by atoms with van der Waals surface area (Å²) >= 11 is 0.